The zero-order valence-electron chi connectivity index (χ0n) is 11.8. The maximum Gasteiger partial charge on any atom is 0.0122 e. The predicted molar refractivity (Wildman–Crippen MR) is 73.4 cm³/mol. The number of nitrogens with zero attached hydrogens (tertiary/aromatic N) is 2. The Hall–Kier alpha value is -0.120. The van der Waals surface area contributed by atoms with Crippen molar-refractivity contribution in [3.05, 3.63) is 0 Å². The van der Waals surface area contributed by atoms with Crippen molar-refractivity contribution >= 4 is 0 Å². The molecular weight excluding hydrogens is 210 g/mol. The number of rotatable bonds is 2. The van der Waals surface area contributed by atoms with Crippen LogP contribution in [0.15, 0.2) is 0 Å². The van der Waals surface area contributed by atoms with Crippen LogP contribution in [0.3, 0.4) is 0 Å². The first kappa shape index (κ1) is 13.3. The standard InChI is InChI=1S/C14H29N3/c1-12-11-14(7-10-16(12)2)17(3)13-5-4-8-15-9-6-13/h12-15H,4-11H2,1-3H3. The quantitative estimate of drug-likeness (QED) is 0.788. The van der Waals surface area contributed by atoms with Crippen molar-refractivity contribution in [2.75, 3.05) is 33.7 Å². The van der Waals surface area contributed by atoms with E-state index in [1.165, 1.54) is 51.7 Å². The Morgan fingerprint density at radius 1 is 1.12 bits per heavy atom. The van der Waals surface area contributed by atoms with Crippen LogP contribution in [-0.2, 0) is 0 Å². The fourth-order valence-electron chi connectivity index (χ4n) is 3.34. The van der Waals surface area contributed by atoms with Crippen LogP contribution in [0.4, 0.5) is 0 Å². The summed E-state index contributed by atoms with van der Waals surface area (Å²) in [5.41, 5.74) is 0. The molecule has 0 aromatic heterocycles. The number of nitrogens with one attached hydrogen (secondary N) is 1. The van der Waals surface area contributed by atoms with Crippen LogP contribution in [0.1, 0.15) is 39.0 Å². The highest BCUT2D eigenvalue weighted by atomic mass is 15.2. The molecule has 0 amide bonds. The molecular formula is C14H29N3. The van der Waals surface area contributed by atoms with Crippen LogP contribution in [0.5, 0.6) is 0 Å². The molecule has 2 aliphatic heterocycles. The summed E-state index contributed by atoms with van der Waals surface area (Å²) in [4.78, 5) is 5.19. The van der Waals surface area contributed by atoms with Crippen LogP contribution in [0.25, 0.3) is 0 Å². The molecule has 3 atom stereocenters. The van der Waals surface area contributed by atoms with Crippen molar-refractivity contribution in [2.24, 2.45) is 0 Å². The van der Waals surface area contributed by atoms with E-state index in [2.05, 4.69) is 36.1 Å². The van der Waals surface area contributed by atoms with Crippen LogP contribution >= 0.6 is 0 Å². The highest BCUT2D eigenvalue weighted by Crippen LogP contribution is 2.24. The Labute approximate surface area is 107 Å². The Bertz CT molecular complexity index is 224. The first-order chi connectivity index (χ1) is 8.18. The van der Waals surface area contributed by atoms with Gasteiger partial charge in [-0.05, 0) is 72.8 Å². The summed E-state index contributed by atoms with van der Waals surface area (Å²) < 4.78 is 0. The van der Waals surface area contributed by atoms with Gasteiger partial charge >= 0.3 is 0 Å². The van der Waals surface area contributed by atoms with Crippen LogP contribution in [0, 0.1) is 0 Å². The summed E-state index contributed by atoms with van der Waals surface area (Å²) in [6, 6.07) is 2.37. The SMILES string of the molecule is CC1CC(N(C)C2CCCNCC2)CCN1C. The van der Waals surface area contributed by atoms with Crippen LogP contribution < -0.4 is 5.32 Å². The van der Waals surface area contributed by atoms with Gasteiger partial charge in [0.25, 0.3) is 0 Å². The van der Waals surface area contributed by atoms with E-state index in [0.29, 0.717) is 0 Å². The number of piperidine rings is 1. The largest absolute Gasteiger partial charge is 0.317 e. The van der Waals surface area contributed by atoms with E-state index in [1.54, 1.807) is 0 Å². The van der Waals surface area contributed by atoms with Crippen molar-refractivity contribution in [2.45, 2.75) is 57.2 Å². The Balaban J connectivity index is 1.87. The summed E-state index contributed by atoms with van der Waals surface area (Å²) in [5, 5.41) is 3.52. The van der Waals surface area contributed by atoms with E-state index in [-0.39, 0.29) is 0 Å². The van der Waals surface area contributed by atoms with Gasteiger partial charge in [0, 0.05) is 18.1 Å². The topological polar surface area (TPSA) is 18.5 Å². The summed E-state index contributed by atoms with van der Waals surface area (Å²) in [6.45, 7) is 6.06. The Morgan fingerprint density at radius 2 is 1.94 bits per heavy atom. The van der Waals surface area contributed by atoms with Crippen molar-refractivity contribution in [3.8, 4) is 0 Å². The van der Waals surface area contributed by atoms with Gasteiger partial charge in [0.1, 0.15) is 0 Å². The molecule has 0 aliphatic carbocycles. The van der Waals surface area contributed by atoms with E-state index in [1.807, 2.05) is 0 Å². The number of likely N-dealkylation sites (tertiary alicyclic amines) is 1. The van der Waals surface area contributed by atoms with Gasteiger partial charge < -0.3 is 15.1 Å². The molecule has 2 saturated heterocycles. The predicted octanol–water partition coefficient (Wildman–Crippen LogP) is 1.54. The Morgan fingerprint density at radius 3 is 2.71 bits per heavy atom. The van der Waals surface area contributed by atoms with Crippen molar-refractivity contribution < 1.29 is 0 Å². The van der Waals surface area contributed by atoms with Crippen molar-refractivity contribution in [1.82, 2.24) is 15.1 Å². The smallest absolute Gasteiger partial charge is 0.0122 e. The lowest BCUT2D eigenvalue weighted by molar-refractivity contribution is 0.0734. The molecule has 3 nitrogen and oxygen atoms in total. The fourth-order valence-corrected chi connectivity index (χ4v) is 3.34. The lowest BCUT2D eigenvalue weighted by atomic mass is 9.95. The van der Waals surface area contributed by atoms with Crippen LogP contribution in [-0.4, -0.2) is 61.7 Å². The van der Waals surface area contributed by atoms with Gasteiger partial charge in [-0.25, -0.2) is 0 Å². The van der Waals surface area contributed by atoms with Crippen molar-refractivity contribution in [3.63, 3.8) is 0 Å². The molecule has 17 heavy (non-hydrogen) atoms. The molecule has 1 N–H and O–H groups in total. The van der Waals surface area contributed by atoms with E-state index >= 15 is 0 Å². The third-order valence-electron chi connectivity index (χ3n) is 4.88. The highest BCUT2D eigenvalue weighted by Gasteiger charge is 2.29. The maximum absolute atomic E-state index is 3.52. The minimum Gasteiger partial charge on any atom is -0.317 e. The molecule has 0 spiro atoms. The minimum atomic E-state index is 0.750. The van der Waals surface area contributed by atoms with Gasteiger partial charge in [-0.1, -0.05) is 0 Å². The fraction of sp³-hybridized carbons (Fsp3) is 1.00. The zero-order valence-corrected chi connectivity index (χ0v) is 11.8. The molecule has 3 unspecified atom stereocenters. The maximum atomic E-state index is 3.52. The Kier molecular flexibility index (Phi) is 4.83. The number of hydrogen-bond acceptors (Lipinski definition) is 3. The third-order valence-corrected chi connectivity index (χ3v) is 4.88. The van der Waals surface area contributed by atoms with Gasteiger partial charge in [-0.2, -0.15) is 0 Å². The zero-order chi connectivity index (χ0) is 12.3. The molecule has 2 fully saturated rings. The van der Waals surface area contributed by atoms with Crippen molar-refractivity contribution in [1.29, 1.82) is 0 Å². The van der Waals surface area contributed by atoms with Gasteiger partial charge in [-0.3, -0.25) is 0 Å². The molecule has 0 saturated carbocycles. The lowest BCUT2D eigenvalue weighted by Crippen LogP contribution is -2.49. The molecule has 0 bridgehead atoms. The van der Waals surface area contributed by atoms with Gasteiger partial charge in [0.05, 0.1) is 0 Å². The highest BCUT2D eigenvalue weighted by molar-refractivity contribution is 4.86. The molecule has 100 valence electrons. The summed E-state index contributed by atoms with van der Waals surface area (Å²) in [5.74, 6) is 0. The van der Waals surface area contributed by atoms with E-state index in [9.17, 15) is 0 Å². The van der Waals surface area contributed by atoms with Gasteiger partial charge in [0.15, 0.2) is 0 Å². The molecule has 2 rings (SSSR count). The normalized spacial score (nSPS) is 37.1. The second kappa shape index (κ2) is 6.17. The third kappa shape index (κ3) is 3.43. The lowest BCUT2D eigenvalue weighted by Gasteiger charge is -2.42. The molecule has 2 aliphatic rings. The molecule has 0 radical (unpaired) electrons. The minimum absolute atomic E-state index is 0.750. The van der Waals surface area contributed by atoms with Gasteiger partial charge in [0.2, 0.25) is 0 Å². The molecule has 2 heterocycles. The molecule has 0 aromatic rings. The van der Waals surface area contributed by atoms with E-state index < -0.39 is 0 Å². The second-order valence-corrected chi connectivity index (χ2v) is 6.01. The molecule has 0 aromatic carbocycles. The molecule has 3 heteroatoms. The average molecular weight is 239 g/mol. The van der Waals surface area contributed by atoms with E-state index in [0.717, 1.165) is 18.1 Å². The average Bonchev–Trinajstić information content (AvgIpc) is 2.60. The van der Waals surface area contributed by atoms with E-state index in [4.69, 9.17) is 0 Å². The summed E-state index contributed by atoms with van der Waals surface area (Å²) in [6.07, 6.45) is 6.75. The second-order valence-electron chi connectivity index (χ2n) is 6.01. The van der Waals surface area contributed by atoms with Crippen LogP contribution in [0.2, 0.25) is 0 Å². The summed E-state index contributed by atoms with van der Waals surface area (Å²) >= 11 is 0. The monoisotopic (exact) mass is 239 g/mol. The summed E-state index contributed by atoms with van der Waals surface area (Å²) in [7, 11) is 4.62. The first-order valence-corrected chi connectivity index (χ1v) is 7.31. The van der Waals surface area contributed by atoms with Gasteiger partial charge in [-0.15, -0.1) is 0 Å². The number of hydrogen-bond donors (Lipinski definition) is 1. The first-order valence-electron chi connectivity index (χ1n) is 7.31.